The molecule has 3 N–H and O–H groups in total. The van der Waals surface area contributed by atoms with Gasteiger partial charge in [0.05, 0.1) is 5.56 Å². The Balaban J connectivity index is 1.31. The molecule has 4 bridgehead atoms. The summed E-state index contributed by atoms with van der Waals surface area (Å²) in [4.78, 5) is 33.3. The number of amides is 1. The number of carbonyl (C=O) groups excluding carboxylic acids is 1. The number of aryl methyl sites for hydroxylation is 3. The largest absolute Gasteiger partial charge is 0.478 e. The van der Waals surface area contributed by atoms with Crippen LogP contribution in [-0.4, -0.2) is 27.0 Å². The van der Waals surface area contributed by atoms with Gasteiger partial charge < -0.3 is 15.4 Å². The Kier molecular flexibility index (Phi) is 5.93. The molecule has 0 aliphatic heterocycles. The first-order valence-electron chi connectivity index (χ1n) is 13.6. The summed E-state index contributed by atoms with van der Waals surface area (Å²) in [5, 5.41) is 12.2. The number of anilines is 1. The number of imidazole rings is 1. The summed E-state index contributed by atoms with van der Waals surface area (Å²) in [7, 11) is 0. The highest BCUT2D eigenvalue weighted by atomic mass is 16.4. The van der Waals surface area contributed by atoms with E-state index < -0.39 is 5.97 Å². The monoisotopic (exact) mass is 497 g/mol. The number of aromatic nitrogens is 2. The maximum atomic E-state index is 13.5. The zero-order valence-corrected chi connectivity index (χ0v) is 21.6. The van der Waals surface area contributed by atoms with Crippen molar-refractivity contribution >= 4 is 17.6 Å². The maximum absolute atomic E-state index is 13.5. The van der Waals surface area contributed by atoms with E-state index in [9.17, 15) is 14.7 Å². The number of hydrogen-bond acceptors (Lipinski definition) is 3. The number of aromatic carboxylic acids is 1. The third-order valence-electron chi connectivity index (χ3n) is 9.15. The van der Waals surface area contributed by atoms with E-state index in [-0.39, 0.29) is 11.5 Å². The van der Waals surface area contributed by atoms with E-state index in [1.54, 1.807) is 12.1 Å². The van der Waals surface area contributed by atoms with Crippen LogP contribution in [0.1, 0.15) is 82.6 Å². The number of hydrogen-bond donors (Lipinski definition) is 3. The van der Waals surface area contributed by atoms with Crippen LogP contribution in [0.4, 0.5) is 5.69 Å². The van der Waals surface area contributed by atoms with Crippen LogP contribution in [0.5, 0.6) is 0 Å². The quantitative estimate of drug-likeness (QED) is 0.335. The van der Waals surface area contributed by atoms with E-state index in [2.05, 4.69) is 36.3 Å². The fourth-order valence-electron chi connectivity index (χ4n) is 7.99. The number of carbonyl (C=O) groups is 2. The molecule has 0 spiro atoms. The van der Waals surface area contributed by atoms with Crippen molar-refractivity contribution in [3.05, 3.63) is 70.5 Å². The third-order valence-corrected chi connectivity index (χ3v) is 9.15. The number of H-pyrrole nitrogens is 1. The molecule has 0 unspecified atom stereocenters. The summed E-state index contributed by atoms with van der Waals surface area (Å²) in [5.41, 5.74) is 5.54. The smallest absolute Gasteiger partial charge is 0.335 e. The van der Waals surface area contributed by atoms with Crippen molar-refractivity contribution in [1.82, 2.24) is 9.97 Å². The summed E-state index contributed by atoms with van der Waals surface area (Å²) in [6.07, 6.45) is 10.1. The van der Waals surface area contributed by atoms with Crippen molar-refractivity contribution in [2.75, 3.05) is 5.32 Å². The van der Waals surface area contributed by atoms with Crippen LogP contribution < -0.4 is 5.32 Å². The number of aromatic amines is 1. The third kappa shape index (κ3) is 4.58. The van der Waals surface area contributed by atoms with E-state index in [0.717, 1.165) is 58.8 Å². The van der Waals surface area contributed by atoms with Crippen molar-refractivity contribution in [1.29, 1.82) is 0 Å². The molecular formula is C31H35N3O3. The topological polar surface area (TPSA) is 95.1 Å². The van der Waals surface area contributed by atoms with Gasteiger partial charge in [-0.2, -0.15) is 0 Å². The molecule has 7 rings (SSSR count). The van der Waals surface area contributed by atoms with Crippen molar-refractivity contribution in [3.63, 3.8) is 0 Å². The lowest BCUT2D eigenvalue weighted by atomic mass is 9.48. The average Bonchev–Trinajstić information content (AvgIpc) is 3.26. The van der Waals surface area contributed by atoms with Gasteiger partial charge in [0.15, 0.2) is 0 Å². The van der Waals surface area contributed by atoms with Crippen LogP contribution in [0.2, 0.25) is 0 Å². The van der Waals surface area contributed by atoms with Gasteiger partial charge in [-0.05, 0) is 118 Å². The van der Waals surface area contributed by atoms with Crippen LogP contribution in [0.3, 0.4) is 0 Å². The summed E-state index contributed by atoms with van der Waals surface area (Å²) < 4.78 is 0. The standard InChI is InChI=1S/C31H35N3O3/c1-18-5-3-6-19(2)26(18)28-33-25(9-10-31-15-20-11-21(16-31)13-22(12-20)17-31)27(34-28)29(35)32-24-8-4-7-23(14-24)30(36)37/h3-8,14,20-22H,9-13,15-17H2,1-2H3,(H,32,35)(H,33,34)(H,36,37). The van der Waals surface area contributed by atoms with Gasteiger partial charge in [-0.25, -0.2) is 9.78 Å². The summed E-state index contributed by atoms with van der Waals surface area (Å²) >= 11 is 0. The first-order valence-corrected chi connectivity index (χ1v) is 13.6. The van der Waals surface area contributed by atoms with E-state index in [4.69, 9.17) is 4.98 Å². The van der Waals surface area contributed by atoms with Gasteiger partial charge in [0.1, 0.15) is 11.5 Å². The second kappa shape index (κ2) is 9.16. The van der Waals surface area contributed by atoms with Gasteiger partial charge in [-0.3, -0.25) is 4.79 Å². The fourth-order valence-corrected chi connectivity index (χ4v) is 7.99. The minimum Gasteiger partial charge on any atom is -0.478 e. The molecule has 0 radical (unpaired) electrons. The maximum Gasteiger partial charge on any atom is 0.335 e. The molecule has 6 nitrogen and oxygen atoms in total. The highest BCUT2D eigenvalue weighted by molar-refractivity contribution is 6.04. The van der Waals surface area contributed by atoms with Crippen LogP contribution >= 0.6 is 0 Å². The lowest BCUT2D eigenvalue weighted by Gasteiger charge is -2.57. The Bertz CT molecular complexity index is 1320. The predicted octanol–water partition coefficient (Wildman–Crippen LogP) is 6.79. The van der Waals surface area contributed by atoms with Crippen molar-refractivity contribution in [2.45, 2.75) is 65.2 Å². The molecule has 0 atom stereocenters. The van der Waals surface area contributed by atoms with Gasteiger partial charge in [-0.1, -0.05) is 24.3 Å². The Labute approximate surface area is 217 Å². The van der Waals surface area contributed by atoms with Crippen molar-refractivity contribution in [3.8, 4) is 11.4 Å². The van der Waals surface area contributed by atoms with Crippen molar-refractivity contribution in [2.24, 2.45) is 23.2 Å². The second-order valence-corrected chi connectivity index (χ2v) is 11.9. The average molecular weight is 498 g/mol. The van der Waals surface area contributed by atoms with Crippen LogP contribution in [0.25, 0.3) is 11.4 Å². The summed E-state index contributed by atoms with van der Waals surface area (Å²) in [6.45, 7) is 4.13. The molecule has 2 aromatic carbocycles. The number of nitrogens with zero attached hydrogens (tertiary/aromatic N) is 1. The van der Waals surface area contributed by atoms with Gasteiger partial charge in [-0.15, -0.1) is 0 Å². The SMILES string of the molecule is Cc1cccc(C)c1-c1nc(C(=O)Nc2cccc(C(=O)O)c2)c(CCC23CC4CC(CC(C4)C2)C3)[nH]1. The number of carboxylic acid groups (broad SMARTS) is 1. The highest BCUT2D eigenvalue weighted by Gasteiger charge is 2.50. The number of nitrogens with one attached hydrogen (secondary N) is 2. The predicted molar refractivity (Wildman–Crippen MR) is 144 cm³/mol. The Morgan fingerprint density at radius 2 is 1.62 bits per heavy atom. The molecule has 4 aliphatic rings. The molecule has 1 aromatic heterocycles. The van der Waals surface area contributed by atoms with Gasteiger partial charge >= 0.3 is 5.97 Å². The van der Waals surface area contributed by atoms with E-state index >= 15 is 0 Å². The molecule has 4 saturated carbocycles. The Morgan fingerprint density at radius 1 is 1.00 bits per heavy atom. The minimum absolute atomic E-state index is 0.137. The van der Waals surface area contributed by atoms with Crippen molar-refractivity contribution < 1.29 is 14.7 Å². The first kappa shape index (κ1) is 24.0. The van der Waals surface area contributed by atoms with E-state index in [0.29, 0.717) is 16.8 Å². The number of carboxylic acids is 1. The first-order chi connectivity index (χ1) is 17.8. The number of benzene rings is 2. The van der Waals surface area contributed by atoms with Crippen LogP contribution in [0, 0.1) is 37.0 Å². The van der Waals surface area contributed by atoms with Crippen LogP contribution in [0.15, 0.2) is 42.5 Å². The van der Waals surface area contributed by atoms with E-state index in [1.807, 2.05) is 6.07 Å². The van der Waals surface area contributed by atoms with E-state index in [1.165, 1.54) is 50.7 Å². The molecule has 3 aromatic rings. The summed E-state index contributed by atoms with van der Waals surface area (Å²) in [6, 6.07) is 12.5. The molecular weight excluding hydrogens is 462 g/mol. The molecule has 1 amide bonds. The molecule has 192 valence electrons. The van der Waals surface area contributed by atoms with Gasteiger partial charge in [0, 0.05) is 16.9 Å². The Hall–Kier alpha value is -3.41. The summed E-state index contributed by atoms with van der Waals surface area (Å²) in [5.74, 6) is 2.06. The zero-order chi connectivity index (χ0) is 25.7. The Morgan fingerprint density at radius 3 is 2.24 bits per heavy atom. The molecule has 1 heterocycles. The molecule has 4 aliphatic carbocycles. The fraction of sp³-hybridized carbons (Fsp3) is 0.452. The zero-order valence-electron chi connectivity index (χ0n) is 21.6. The van der Waals surface area contributed by atoms with Crippen LogP contribution in [-0.2, 0) is 6.42 Å². The lowest BCUT2D eigenvalue weighted by Crippen LogP contribution is -2.46. The molecule has 4 fully saturated rings. The van der Waals surface area contributed by atoms with Gasteiger partial charge in [0.2, 0.25) is 0 Å². The van der Waals surface area contributed by atoms with Gasteiger partial charge in [0.25, 0.3) is 5.91 Å². The molecule has 6 heteroatoms. The molecule has 0 saturated heterocycles. The highest BCUT2D eigenvalue weighted by Crippen LogP contribution is 2.61. The minimum atomic E-state index is -1.02. The number of rotatable bonds is 7. The second-order valence-electron chi connectivity index (χ2n) is 11.9. The lowest BCUT2D eigenvalue weighted by molar-refractivity contribution is -0.0570. The molecule has 37 heavy (non-hydrogen) atoms. The normalized spacial score (nSPS) is 25.8.